The van der Waals surface area contributed by atoms with Gasteiger partial charge in [0.1, 0.15) is 5.00 Å². The zero-order valence-corrected chi connectivity index (χ0v) is 14.9. The van der Waals surface area contributed by atoms with Crippen LogP contribution in [0.2, 0.25) is 5.02 Å². The molecule has 1 aromatic carbocycles. The van der Waals surface area contributed by atoms with E-state index in [9.17, 15) is 9.59 Å². The predicted molar refractivity (Wildman–Crippen MR) is 96.1 cm³/mol. The number of thiophene rings is 1. The van der Waals surface area contributed by atoms with Gasteiger partial charge in [-0.15, -0.1) is 11.3 Å². The van der Waals surface area contributed by atoms with Crippen LogP contribution in [0.15, 0.2) is 24.3 Å². The molecule has 1 aliphatic carbocycles. The van der Waals surface area contributed by atoms with Crippen LogP contribution in [0.25, 0.3) is 0 Å². The Hall–Kier alpha value is -1.85. The number of hydrogen-bond donors (Lipinski definition) is 1. The fourth-order valence-corrected chi connectivity index (χ4v) is 4.29. The quantitative estimate of drug-likeness (QED) is 0.808. The molecule has 0 spiro atoms. The largest absolute Gasteiger partial charge is 0.462 e. The molecule has 0 saturated carbocycles. The first-order valence-corrected chi connectivity index (χ1v) is 9.14. The molecular formula is C18H18ClNO3S. The summed E-state index contributed by atoms with van der Waals surface area (Å²) in [6.45, 7) is 2.10. The van der Waals surface area contributed by atoms with Crippen molar-refractivity contribution in [1.29, 1.82) is 0 Å². The van der Waals surface area contributed by atoms with Crippen LogP contribution in [0.3, 0.4) is 0 Å². The summed E-state index contributed by atoms with van der Waals surface area (Å²) in [5, 5.41) is 4.13. The molecule has 126 valence electrons. The number of carbonyl (C=O) groups is 2. The second-order valence-corrected chi connectivity index (χ2v) is 7.17. The number of fused-ring (bicyclic) bond motifs is 1. The van der Waals surface area contributed by atoms with Gasteiger partial charge in [0.2, 0.25) is 5.91 Å². The Kier molecular flexibility index (Phi) is 5.21. The summed E-state index contributed by atoms with van der Waals surface area (Å²) in [6.07, 6.45) is 3.11. The average molecular weight is 364 g/mol. The molecule has 4 nitrogen and oxygen atoms in total. The molecule has 6 heteroatoms. The minimum absolute atomic E-state index is 0.150. The molecule has 0 saturated heterocycles. The fraction of sp³-hybridized carbons (Fsp3) is 0.333. The third kappa shape index (κ3) is 3.62. The molecule has 1 heterocycles. The molecule has 0 radical (unpaired) electrons. The molecule has 0 atom stereocenters. The minimum atomic E-state index is -0.348. The van der Waals surface area contributed by atoms with Gasteiger partial charge in [0.25, 0.3) is 0 Å². The maximum atomic E-state index is 12.3. The highest BCUT2D eigenvalue weighted by Crippen LogP contribution is 2.39. The van der Waals surface area contributed by atoms with Gasteiger partial charge in [-0.2, -0.15) is 0 Å². The standard InChI is InChI=1S/C18H18ClNO3S/c1-2-23-18(22)16-13-4-3-5-14(13)24-17(16)20-15(21)10-11-6-8-12(19)9-7-11/h6-9H,2-5,10H2,1H3,(H,20,21). The van der Waals surface area contributed by atoms with E-state index in [1.54, 1.807) is 19.1 Å². The highest BCUT2D eigenvalue weighted by Gasteiger charge is 2.28. The van der Waals surface area contributed by atoms with Crippen LogP contribution in [0.5, 0.6) is 0 Å². The summed E-state index contributed by atoms with van der Waals surface area (Å²) < 4.78 is 5.17. The number of anilines is 1. The Balaban J connectivity index is 1.78. The molecule has 1 aliphatic rings. The van der Waals surface area contributed by atoms with Gasteiger partial charge in [0.15, 0.2) is 0 Å². The smallest absolute Gasteiger partial charge is 0.341 e. The third-order valence-electron chi connectivity index (χ3n) is 3.93. The monoisotopic (exact) mass is 363 g/mol. The third-order valence-corrected chi connectivity index (χ3v) is 5.39. The molecule has 0 unspecified atom stereocenters. The molecule has 1 amide bonds. The van der Waals surface area contributed by atoms with E-state index in [0.29, 0.717) is 22.2 Å². The zero-order chi connectivity index (χ0) is 17.1. The van der Waals surface area contributed by atoms with E-state index in [-0.39, 0.29) is 18.3 Å². The van der Waals surface area contributed by atoms with E-state index < -0.39 is 0 Å². The lowest BCUT2D eigenvalue weighted by atomic mass is 10.1. The van der Waals surface area contributed by atoms with Crippen LogP contribution in [-0.2, 0) is 28.8 Å². The maximum absolute atomic E-state index is 12.3. The highest BCUT2D eigenvalue weighted by molar-refractivity contribution is 7.17. The van der Waals surface area contributed by atoms with E-state index in [1.807, 2.05) is 12.1 Å². The predicted octanol–water partition coefficient (Wildman–Crippen LogP) is 4.25. The summed E-state index contributed by atoms with van der Waals surface area (Å²) in [6, 6.07) is 7.16. The molecule has 1 N–H and O–H groups in total. The first-order valence-electron chi connectivity index (χ1n) is 7.94. The van der Waals surface area contributed by atoms with Crippen LogP contribution in [0, 0.1) is 0 Å². The van der Waals surface area contributed by atoms with Crippen molar-refractivity contribution in [2.45, 2.75) is 32.6 Å². The van der Waals surface area contributed by atoms with E-state index in [4.69, 9.17) is 16.3 Å². The molecule has 2 aromatic rings. The van der Waals surface area contributed by atoms with Gasteiger partial charge >= 0.3 is 5.97 Å². The maximum Gasteiger partial charge on any atom is 0.341 e. The number of aryl methyl sites for hydroxylation is 1. The topological polar surface area (TPSA) is 55.4 Å². The van der Waals surface area contributed by atoms with E-state index >= 15 is 0 Å². The Labute approximate surface area is 149 Å². The number of benzene rings is 1. The van der Waals surface area contributed by atoms with Crippen LogP contribution < -0.4 is 5.32 Å². The summed E-state index contributed by atoms with van der Waals surface area (Å²) in [7, 11) is 0. The van der Waals surface area contributed by atoms with E-state index in [1.165, 1.54) is 16.2 Å². The number of nitrogens with one attached hydrogen (secondary N) is 1. The Bertz CT molecular complexity index is 767. The van der Waals surface area contributed by atoms with Crippen molar-refractivity contribution in [3.05, 3.63) is 50.9 Å². The summed E-state index contributed by atoms with van der Waals surface area (Å²) in [5.41, 5.74) is 2.46. The van der Waals surface area contributed by atoms with Crippen molar-refractivity contribution in [3.63, 3.8) is 0 Å². The lowest BCUT2D eigenvalue weighted by Gasteiger charge is -2.08. The van der Waals surface area contributed by atoms with Crippen molar-refractivity contribution in [3.8, 4) is 0 Å². The van der Waals surface area contributed by atoms with Gasteiger partial charge in [-0.1, -0.05) is 23.7 Å². The Morgan fingerprint density at radius 2 is 2.00 bits per heavy atom. The van der Waals surface area contributed by atoms with Crippen LogP contribution in [-0.4, -0.2) is 18.5 Å². The fourth-order valence-electron chi connectivity index (χ4n) is 2.87. The number of hydrogen-bond acceptors (Lipinski definition) is 4. The van der Waals surface area contributed by atoms with Crippen LogP contribution in [0.1, 0.15) is 39.7 Å². The summed E-state index contributed by atoms with van der Waals surface area (Å²) >= 11 is 7.35. The average Bonchev–Trinajstić information content (AvgIpc) is 3.10. The normalized spacial score (nSPS) is 12.8. The van der Waals surface area contributed by atoms with Gasteiger partial charge in [-0.25, -0.2) is 4.79 Å². The molecule has 0 aliphatic heterocycles. The second-order valence-electron chi connectivity index (χ2n) is 5.63. The lowest BCUT2D eigenvalue weighted by Crippen LogP contribution is -2.16. The number of ether oxygens (including phenoxy) is 1. The summed E-state index contributed by atoms with van der Waals surface area (Å²) in [4.78, 5) is 25.8. The van der Waals surface area contributed by atoms with Crippen molar-refractivity contribution in [1.82, 2.24) is 0 Å². The Morgan fingerprint density at radius 3 is 2.71 bits per heavy atom. The molecular weight excluding hydrogens is 346 g/mol. The molecule has 24 heavy (non-hydrogen) atoms. The number of rotatable bonds is 5. The lowest BCUT2D eigenvalue weighted by molar-refractivity contribution is -0.115. The zero-order valence-electron chi connectivity index (χ0n) is 13.4. The van der Waals surface area contributed by atoms with Crippen molar-refractivity contribution in [2.75, 3.05) is 11.9 Å². The van der Waals surface area contributed by atoms with Gasteiger partial charge in [-0.05, 0) is 49.4 Å². The first-order chi connectivity index (χ1) is 11.6. The Morgan fingerprint density at radius 1 is 1.25 bits per heavy atom. The number of esters is 1. The molecule has 0 bridgehead atoms. The van der Waals surface area contributed by atoms with Gasteiger partial charge in [0.05, 0.1) is 18.6 Å². The number of carbonyl (C=O) groups excluding carboxylic acids is 2. The van der Waals surface area contributed by atoms with Crippen LogP contribution in [0.4, 0.5) is 5.00 Å². The van der Waals surface area contributed by atoms with E-state index in [2.05, 4.69) is 5.32 Å². The van der Waals surface area contributed by atoms with Crippen molar-refractivity contribution >= 4 is 39.8 Å². The highest BCUT2D eigenvalue weighted by atomic mass is 35.5. The molecule has 3 rings (SSSR count). The van der Waals surface area contributed by atoms with Crippen LogP contribution >= 0.6 is 22.9 Å². The summed E-state index contributed by atoms with van der Waals surface area (Å²) in [5.74, 6) is -0.499. The number of halogens is 1. The van der Waals surface area contributed by atoms with E-state index in [0.717, 1.165) is 30.4 Å². The van der Waals surface area contributed by atoms with Crippen molar-refractivity contribution < 1.29 is 14.3 Å². The molecule has 1 aromatic heterocycles. The first kappa shape index (κ1) is 17.0. The minimum Gasteiger partial charge on any atom is -0.462 e. The van der Waals surface area contributed by atoms with Crippen molar-refractivity contribution in [2.24, 2.45) is 0 Å². The van der Waals surface area contributed by atoms with Gasteiger partial charge < -0.3 is 10.1 Å². The number of amides is 1. The SMILES string of the molecule is CCOC(=O)c1c(NC(=O)Cc2ccc(Cl)cc2)sc2c1CCC2. The second kappa shape index (κ2) is 7.36. The molecule has 0 fully saturated rings. The van der Waals surface area contributed by atoms with Gasteiger partial charge in [-0.3, -0.25) is 4.79 Å². The van der Waals surface area contributed by atoms with Gasteiger partial charge in [0, 0.05) is 9.90 Å².